The summed E-state index contributed by atoms with van der Waals surface area (Å²) in [5.41, 5.74) is 1.34. The van der Waals surface area contributed by atoms with Gasteiger partial charge >= 0.3 is 0 Å². The summed E-state index contributed by atoms with van der Waals surface area (Å²) in [6, 6.07) is 2.73. The molecule has 3 nitrogen and oxygen atoms in total. The van der Waals surface area contributed by atoms with Gasteiger partial charge < -0.3 is 9.73 Å². The highest BCUT2D eigenvalue weighted by Crippen LogP contribution is 2.31. The molecule has 1 fully saturated rings. The highest BCUT2D eigenvalue weighted by molar-refractivity contribution is 5.17. The van der Waals surface area contributed by atoms with Gasteiger partial charge in [0.1, 0.15) is 5.76 Å². The van der Waals surface area contributed by atoms with Crippen molar-refractivity contribution in [2.24, 2.45) is 11.8 Å². The Morgan fingerprint density at radius 1 is 1.30 bits per heavy atom. The lowest BCUT2D eigenvalue weighted by Crippen LogP contribution is -2.32. The van der Waals surface area contributed by atoms with E-state index in [1.54, 1.807) is 0 Å². The molecule has 0 radical (unpaired) electrons. The van der Waals surface area contributed by atoms with E-state index in [0.717, 1.165) is 31.3 Å². The zero-order valence-corrected chi connectivity index (χ0v) is 13.5. The van der Waals surface area contributed by atoms with Crippen molar-refractivity contribution in [3.05, 3.63) is 23.7 Å². The van der Waals surface area contributed by atoms with Gasteiger partial charge in [-0.15, -0.1) is 0 Å². The lowest BCUT2D eigenvalue weighted by atomic mass is 10.1. The molecule has 0 saturated heterocycles. The minimum absolute atomic E-state index is 0.599. The second-order valence-electron chi connectivity index (χ2n) is 6.86. The maximum Gasteiger partial charge on any atom is 0.122 e. The van der Waals surface area contributed by atoms with E-state index in [4.69, 9.17) is 4.42 Å². The summed E-state index contributed by atoms with van der Waals surface area (Å²) in [4.78, 5) is 2.58. The number of nitrogens with one attached hydrogen (secondary N) is 1. The Balaban J connectivity index is 1.88. The Kier molecular flexibility index (Phi) is 5.67. The molecular formula is C17H30N2O. The third kappa shape index (κ3) is 4.95. The third-order valence-corrected chi connectivity index (χ3v) is 3.97. The van der Waals surface area contributed by atoms with Gasteiger partial charge in [0.2, 0.25) is 0 Å². The van der Waals surface area contributed by atoms with Crippen LogP contribution in [0.5, 0.6) is 0 Å². The molecule has 2 rings (SSSR count). The molecule has 1 aromatic rings. The fraction of sp³-hybridized carbons (Fsp3) is 0.765. The SMILES string of the molecule is CC(C)CNCc1occc1CN(CC1CC1)C(C)C. The molecule has 20 heavy (non-hydrogen) atoms. The zero-order valence-electron chi connectivity index (χ0n) is 13.5. The van der Waals surface area contributed by atoms with Crippen LogP contribution in [0, 0.1) is 11.8 Å². The van der Waals surface area contributed by atoms with Gasteiger partial charge in [-0.25, -0.2) is 0 Å². The number of hydrogen-bond donors (Lipinski definition) is 1. The fourth-order valence-corrected chi connectivity index (χ4v) is 2.45. The van der Waals surface area contributed by atoms with E-state index in [1.807, 2.05) is 6.26 Å². The van der Waals surface area contributed by atoms with Crippen LogP contribution in [0.25, 0.3) is 0 Å². The molecule has 0 atom stereocenters. The summed E-state index contributed by atoms with van der Waals surface area (Å²) in [6.07, 6.45) is 4.66. The Morgan fingerprint density at radius 3 is 2.65 bits per heavy atom. The number of furan rings is 1. The summed E-state index contributed by atoms with van der Waals surface area (Å²) < 4.78 is 5.66. The predicted octanol–water partition coefficient (Wildman–Crippen LogP) is 3.65. The van der Waals surface area contributed by atoms with Crippen molar-refractivity contribution in [2.45, 2.75) is 59.7 Å². The lowest BCUT2D eigenvalue weighted by Gasteiger charge is -2.26. The average Bonchev–Trinajstić information content (AvgIpc) is 3.08. The zero-order chi connectivity index (χ0) is 14.5. The van der Waals surface area contributed by atoms with Crippen molar-refractivity contribution >= 4 is 0 Å². The van der Waals surface area contributed by atoms with Gasteiger partial charge in [-0.05, 0) is 51.1 Å². The first kappa shape index (κ1) is 15.6. The first-order valence-electron chi connectivity index (χ1n) is 8.06. The van der Waals surface area contributed by atoms with Gasteiger partial charge in [-0.1, -0.05) is 13.8 Å². The van der Waals surface area contributed by atoms with Crippen molar-refractivity contribution in [1.29, 1.82) is 0 Å². The van der Waals surface area contributed by atoms with Crippen LogP contribution < -0.4 is 5.32 Å². The van der Waals surface area contributed by atoms with Crippen LogP contribution in [0.4, 0.5) is 0 Å². The van der Waals surface area contributed by atoms with Crippen LogP contribution in [-0.2, 0) is 13.1 Å². The summed E-state index contributed by atoms with van der Waals surface area (Å²) in [6.45, 7) is 13.2. The molecule has 0 aliphatic heterocycles. The molecule has 3 heteroatoms. The van der Waals surface area contributed by atoms with Gasteiger partial charge in [0, 0.05) is 24.7 Å². The molecule has 1 heterocycles. The molecular weight excluding hydrogens is 248 g/mol. The Labute approximate surface area is 123 Å². The average molecular weight is 278 g/mol. The van der Waals surface area contributed by atoms with Gasteiger partial charge in [-0.3, -0.25) is 4.90 Å². The molecule has 1 saturated carbocycles. The summed E-state index contributed by atoms with van der Waals surface area (Å²) >= 11 is 0. The largest absolute Gasteiger partial charge is 0.468 e. The van der Waals surface area contributed by atoms with Crippen LogP contribution in [-0.4, -0.2) is 24.0 Å². The molecule has 1 N–H and O–H groups in total. The molecule has 0 aromatic carbocycles. The molecule has 0 bridgehead atoms. The van der Waals surface area contributed by atoms with Crippen molar-refractivity contribution in [3.8, 4) is 0 Å². The van der Waals surface area contributed by atoms with Gasteiger partial charge in [0.05, 0.1) is 12.8 Å². The Morgan fingerprint density at radius 2 is 2.05 bits per heavy atom. The van der Waals surface area contributed by atoms with Crippen molar-refractivity contribution < 1.29 is 4.42 Å². The Bertz CT molecular complexity index is 393. The smallest absolute Gasteiger partial charge is 0.122 e. The van der Waals surface area contributed by atoms with E-state index in [9.17, 15) is 0 Å². The molecule has 114 valence electrons. The molecule has 1 aliphatic rings. The second-order valence-corrected chi connectivity index (χ2v) is 6.86. The van der Waals surface area contributed by atoms with Crippen molar-refractivity contribution in [1.82, 2.24) is 10.2 Å². The maximum atomic E-state index is 5.66. The first-order valence-corrected chi connectivity index (χ1v) is 8.06. The topological polar surface area (TPSA) is 28.4 Å². The minimum atomic E-state index is 0.599. The predicted molar refractivity (Wildman–Crippen MR) is 83.5 cm³/mol. The van der Waals surface area contributed by atoms with E-state index < -0.39 is 0 Å². The quantitative estimate of drug-likeness (QED) is 0.747. The van der Waals surface area contributed by atoms with Crippen molar-refractivity contribution in [3.63, 3.8) is 0 Å². The van der Waals surface area contributed by atoms with Gasteiger partial charge in [0.25, 0.3) is 0 Å². The molecule has 0 amide bonds. The highest BCUT2D eigenvalue weighted by Gasteiger charge is 2.26. The molecule has 0 unspecified atom stereocenters. The molecule has 1 aromatic heterocycles. The maximum absolute atomic E-state index is 5.66. The van der Waals surface area contributed by atoms with Gasteiger partial charge in [0.15, 0.2) is 0 Å². The first-order chi connectivity index (χ1) is 9.56. The summed E-state index contributed by atoms with van der Waals surface area (Å²) in [5.74, 6) is 2.72. The summed E-state index contributed by atoms with van der Waals surface area (Å²) in [5, 5.41) is 3.47. The van der Waals surface area contributed by atoms with Crippen molar-refractivity contribution in [2.75, 3.05) is 13.1 Å². The van der Waals surface area contributed by atoms with Crippen LogP contribution >= 0.6 is 0 Å². The Hall–Kier alpha value is -0.800. The minimum Gasteiger partial charge on any atom is -0.468 e. The monoisotopic (exact) mass is 278 g/mol. The van der Waals surface area contributed by atoms with Crippen LogP contribution in [0.1, 0.15) is 51.9 Å². The van der Waals surface area contributed by atoms with Crippen LogP contribution in [0.15, 0.2) is 16.7 Å². The number of nitrogens with zero attached hydrogens (tertiary/aromatic N) is 1. The lowest BCUT2D eigenvalue weighted by molar-refractivity contribution is 0.202. The molecule has 0 spiro atoms. The van der Waals surface area contributed by atoms with E-state index in [-0.39, 0.29) is 0 Å². The highest BCUT2D eigenvalue weighted by atomic mass is 16.3. The molecule has 1 aliphatic carbocycles. The van der Waals surface area contributed by atoms with Crippen LogP contribution in [0.2, 0.25) is 0 Å². The third-order valence-electron chi connectivity index (χ3n) is 3.97. The van der Waals surface area contributed by atoms with Crippen LogP contribution in [0.3, 0.4) is 0 Å². The second kappa shape index (κ2) is 7.28. The van der Waals surface area contributed by atoms with E-state index in [1.165, 1.54) is 24.9 Å². The summed E-state index contributed by atoms with van der Waals surface area (Å²) in [7, 11) is 0. The van der Waals surface area contributed by atoms with Gasteiger partial charge in [-0.2, -0.15) is 0 Å². The van der Waals surface area contributed by atoms with E-state index in [2.05, 4.69) is 44.0 Å². The fourth-order valence-electron chi connectivity index (χ4n) is 2.45. The standard InChI is InChI=1S/C17H30N2O/c1-13(2)9-18-10-17-16(7-8-20-17)12-19(14(3)4)11-15-5-6-15/h7-8,13-15,18H,5-6,9-12H2,1-4H3. The number of hydrogen-bond acceptors (Lipinski definition) is 3. The normalized spacial score (nSPS) is 15.8. The number of rotatable bonds is 9. The van der Waals surface area contributed by atoms with E-state index >= 15 is 0 Å². The van der Waals surface area contributed by atoms with E-state index in [0.29, 0.717) is 12.0 Å².